The molecule has 0 aliphatic heterocycles. The standard InChI is InChI=1S/C25H22F5N3O4/c1-24(2,3)37-23(35)32-12-14-4-8-20(19(27)10-14)36-21-9-6-16(13-31-21)33-22(34)17-7-5-15(11-18(17)26)25(28,29)30/h4-11,13H,12H2,1-3H3,(H,32,35)(H,33,34). The summed E-state index contributed by atoms with van der Waals surface area (Å²) in [5.41, 5.74) is -1.92. The lowest BCUT2D eigenvalue weighted by Crippen LogP contribution is -2.32. The van der Waals surface area contributed by atoms with E-state index in [-0.39, 0.29) is 29.9 Å². The molecular weight excluding hydrogens is 501 g/mol. The minimum Gasteiger partial charge on any atom is -0.444 e. The molecule has 3 rings (SSSR count). The van der Waals surface area contributed by atoms with Gasteiger partial charge in [-0.2, -0.15) is 13.2 Å². The number of alkyl halides is 3. The van der Waals surface area contributed by atoms with Gasteiger partial charge in [0, 0.05) is 12.6 Å². The fraction of sp³-hybridized carbons (Fsp3) is 0.240. The minimum atomic E-state index is -4.74. The summed E-state index contributed by atoms with van der Waals surface area (Å²) in [6.07, 6.45) is -4.25. The molecule has 1 aromatic heterocycles. The molecule has 0 radical (unpaired) electrons. The van der Waals surface area contributed by atoms with E-state index in [2.05, 4.69) is 15.6 Å². The first-order valence-corrected chi connectivity index (χ1v) is 10.8. The van der Waals surface area contributed by atoms with E-state index in [1.165, 1.54) is 30.3 Å². The highest BCUT2D eigenvalue weighted by atomic mass is 19.4. The summed E-state index contributed by atoms with van der Waals surface area (Å²) in [5.74, 6) is -3.22. The number of rotatable bonds is 6. The van der Waals surface area contributed by atoms with Crippen LogP contribution < -0.4 is 15.4 Å². The largest absolute Gasteiger partial charge is 0.444 e. The lowest BCUT2D eigenvalue weighted by molar-refractivity contribution is -0.137. The first-order valence-electron chi connectivity index (χ1n) is 10.8. The monoisotopic (exact) mass is 523 g/mol. The number of ether oxygens (including phenoxy) is 2. The maximum Gasteiger partial charge on any atom is 0.416 e. The highest BCUT2D eigenvalue weighted by molar-refractivity contribution is 6.04. The molecule has 2 aromatic carbocycles. The maximum absolute atomic E-state index is 14.5. The first kappa shape index (κ1) is 27.4. The van der Waals surface area contributed by atoms with Crippen molar-refractivity contribution in [3.63, 3.8) is 0 Å². The van der Waals surface area contributed by atoms with Gasteiger partial charge in [-0.1, -0.05) is 6.07 Å². The number of anilines is 1. The number of hydrogen-bond donors (Lipinski definition) is 2. The van der Waals surface area contributed by atoms with Crippen molar-refractivity contribution in [3.8, 4) is 11.6 Å². The molecule has 12 heteroatoms. The predicted octanol–water partition coefficient (Wildman–Crippen LogP) is 6.45. The highest BCUT2D eigenvalue weighted by Gasteiger charge is 2.31. The van der Waals surface area contributed by atoms with Crippen molar-refractivity contribution < 1.29 is 41.0 Å². The lowest BCUT2D eigenvalue weighted by Gasteiger charge is -2.19. The normalized spacial score (nSPS) is 11.6. The van der Waals surface area contributed by atoms with Crippen molar-refractivity contribution in [1.82, 2.24) is 10.3 Å². The number of nitrogens with zero attached hydrogens (tertiary/aromatic N) is 1. The second-order valence-corrected chi connectivity index (χ2v) is 8.75. The van der Waals surface area contributed by atoms with Crippen LogP contribution in [-0.4, -0.2) is 22.6 Å². The van der Waals surface area contributed by atoms with Crippen LogP contribution in [0, 0.1) is 11.6 Å². The quantitative estimate of drug-likeness (QED) is 0.363. The summed E-state index contributed by atoms with van der Waals surface area (Å²) >= 11 is 0. The van der Waals surface area contributed by atoms with Crippen molar-refractivity contribution in [2.75, 3.05) is 5.32 Å². The Balaban J connectivity index is 1.59. The zero-order valence-electron chi connectivity index (χ0n) is 19.9. The van der Waals surface area contributed by atoms with E-state index in [4.69, 9.17) is 9.47 Å². The van der Waals surface area contributed by atoms with Crippen LogP contribution in [0.5, 0.6) is 11.6 Å². The third-order valence-electron chi connectivity index (χ3n) is 4.58. The average Bonchev–Trinajstić information content (AvgIpc) is 2.78. The van der Waals surface area contributed by atoms with Crippen LogP contribution >= 0.6 is 0 Å². The zero-order valence-corrected chi connectivity index (χ0v) is 19.9. The predicted molar refractivity (Wildman–Crippen MR) is 123 cm³/mol. The Hall–Kier alpha value is -4.22. The molecule has 0 fully saturated rings. The van der Waals surface area contributed by atoms with Crippen LogP contribution in [-0.2, 0) is 17.5 Å². The van der Waals surface area contributed by atoms with Gasteiger partial charge in [-0.3, -0.25) is 4.79 Å². The Morgan fingerprint density at radius 1 is 0.946 bits per heavy atom. The summed E-state index contributed by atoms with van der Waals surface area (Å²) in [5, 5.41) is 4.82. The van der Waals surface area contributed by atoms with Gasteiger partial charge in [0.2, 0.25) is 5.88 Å². The number of alkyl carbamates (subject to hydrolysis) is 1. The molecular formula is C25H22F5N3O4. The van der Waals surface area contributed by atoms with E-state index in [1.807, 2.05) is 0 Å². The van der Waals surface area contributed by atoms with E-state index in [0.29, 0.717) is 11.6 Å². The molecule has 0 unspecified atom stereocenters. The molecule has 196 valence electrons. The Morgan fingerprint density at radius 3 is 2.24 bits per heavy atom. The molecule has 0 aliphatic carbocycles. The number of benzene rings is 2. The van der Waals surface area contributed by atoms with Crippen LogP contribution in [0.4, 0.5) is 32.4 Å². The smallest absolute Gasteiger partial charge is 0.416 e. The number of nitrogens with one attached hydrogen (secondary N) is 2. The number of aromatic nitrogens is 1. The van der Waals surface area contributed by atoms with Crippen molar-refractivity contribution in [3.05, 3.63) is 83.1 Å². The van der Waals surface area contributed by atoms with Gasteiger partial charge >= 0.3 is 12.3 Å². The van der Waals surface area contributed by atoms with Crippen molar-refractivity contribution in [2.45, 2.75) is 39.1 Å². The van der Waals surface area contributed by atoms with Crippen LogP contribution in [0.2, 0.25) is 0 Å². The van der Waals surface area contributed by atoms with Gasteiger partial charge in [-0.05, 0) is 62.7 Å². The topological polar surface area (TPSA) is 89.5 Å². The second-order valence-electron chi connectivity index (χ2n) is 8.75. The fourth-order valence-corrected chi connectivity index (χ4v) is 2.93. The number of amides is 2. The Morgan fingerprint density at radius 2 is 1.68 bits per heavy atom. The van der Waals surface area contributed by atoms with Crippen molar-refractivity contribution in [1.29, 1.82) is 0 Å². The fourth-order valence-electron chi connectivity index (χ4n) is 2.93. The molecule has 2 amide bonds. The van der Waals surface area contributed by atoms with Crippen molar-refractivity contribution >= 4 is 17.7 Å². The number of carbonyl (C=O) groups excluding carboxylic acids is 2. The van der Waals surface area contributed by atoms with Crippen LogP contribution in [0.1, 0.15) is 42.3 Å². The van der Waals surface area contributed by atoms with Crippen LogP contribution in [0.15, 0.2) is 54.7 Å². The molecule has 0 atom stereocenters. The summed E-state index contributed by atoms with van der Waals surface area (Å²) in [4.78, 5) is 27.9. The van der Waals surface area contributed by atoms with E-state index in [1.54, 1.807) is 20.8 Å². The number of halogens is 5. The van der Waals surface area contributed by atoms with Gasteiger partial charge < -0.3 is 20.1 Å². The SMILES string of the molecule is CC(C)(C)OC(=O)NCc1ccc(Oc2ccc(NC(=O)c3ccc(C(F)(F)F)cc3F)cn2)c(F)c1. The van der Waals surface area contributed by atoms with Gasteiger partial charge in [0.15, 0.2) is 11.6 Å². The summed E-state index contributed by atoms with van der Waals surface area (Å²) in [7, 11) is 0. The first-order chi connectivity index (χ1) is 17.2. The van der Waals surface area contributed by atoms with Crippen molar-refractivity contribution in [2.24, 2.45) is 0 Å². The molecule has 0 aliphatic rings. The number of hydrogen-bond acceptors (Lipinski definition) is 5. The minimum absolute atomic E-state index is 0.0261. The summed E-state index contributed by atoms with van der Waals surface area (Å²) < 4.78 is 77.0. The third kappa shape index (κ3) is 7.89. The van der Waals surface area contributed by atoms with Gasteiger partial charge in [-0.15, -0.1) is 0 Å². The van der Waals surface area contributed by atoms with E-state index >= 15 is 0 Å². The average molecular weight is 523 g/mol. The Kier molecular flexibility index (Phi) is 7.99. The van der Waals surface area contributed by atoms with Gasteiger partial charge in [-0.25, -0.2) is 18.6 Å². The summed E-state index contributed by atoms with van der Waals surface area (Å²) in [6.45, 7) is 5.17. The number of carbonyl (C=O) groups is 2. The van der Waals surface area contributed by atoms with Gasteiger partial charge in [0.1, 0.15) is 11.4 Å². The summed E-state index contributed by atoms with van der Waals surface area (Å²) in [6, 6.07) is 8.23. The van der Waals surface area contributed by atoms with E-state index in [9.17, 15) is 31.5 Å². The van der Waals surface area contributed by atoms with E-state index < -0.39 is 46.5 Å². The zero-order chi connectivity index (χ0) is 27.4. The number of pyridine rings is 1. The highest BCUT2D eigenvalue weighted by Crippen LogP contribution is 2.30. The molecule has 37 heavy (non-hydrogen) atoms. The van der Waals surface area contributed by atoms with Gasteiger partial charge in [0.05, 0.1) is 23.0 Å². The van der Waals surface area contributed by atoms with Crippen LogP contribution in [0.25, 0.3) is 0 Å². The molecule has 2 N–H and O–H groups in total. The molecule has 0 bridgehead atoms. The molecule has 0 saturated carbocycles. The lowest BCUT2D eigenvalue weighted by atomic mass is 10.1. The Bertz CT molecular complexity index is 1290. The second kappa shape index (κ2) is 10.8. The van der Waals surface area contributed by atoms with E-state index in [0.717, 1.165) is 12.3 Å². The molecule has 0 spiro atoms. The molecule has 3 aromatic rings. The third-order valence-corrected chi connectivity index (χ3v) is 4.58. The van der Waals surface area contributed by atoms with Crippen LogP contribution in [0.3, 0.4) is 0 Å². The molecule has 1 heterocycles. The Labute approximate surface area is 208 Å². The molecule has 7 nitrogen and oxygen atoms in total. The van der Waals surface area contributed by atoms with Gasteiger partial charge in [0.25, 0.3) is 5.91 Å². The molecule has 0 saturated heterocycles. The maximum atomic E-state index is 14.5.